The molecule has 11 heteroatoms. The molecule has 3 heterocycles. The number of fused-ring (bicyclic) bond motifs is 1. The Bertz CT molecular complexity index is 1570. The van der Waals surface area contributed by atoms with Crippen molar-refractivity contribution in [2.75, 3.05) is 32.5 Å². The van der Waals surface area contributed by atoms with Crippen molar-refractivity contribution in [2.45, 2.75) is 31.9 Å². The number of aromatic nitrogens is 1. The fraction of sp³-hybridized carbons (Fsp3) is 0.290. The number of H-pyrrole nitrogens is 1. The maximum atomic E-state index is 13.6. The van der Waals surface area contributed by atoms with Gasteiger partial charge in [0.15, 0.2) is 0 Å². The first-order valence-corrected chi connectivity index (χ1v) is 13.5. The molecule has 0 fully saturated rings. The molecular weight excluding hydrogens is 550 g/mol. The molecule has 1 unspecified atom stereocenters. The Labute approximate surface area is 240 Å². The van der Waals surface area contributed by atoms with E-state index in [1.54, 1.807) is 13.1 Å². The lowest BCUT2D eigenvalue weighted by Crippen LogP contribution is -2.38. The van der Waals surface area contributed by atoms with Crippen LogP contribution in [0.2, 0.25) is 0 Å². The lowest BCUT2D eigenvalue weighted by Gasteiger charge is -2.30. The number of para-hydroxylation sites is 1. The molecule has 0 saturated heterocycles. The van der Waals surface area contributed by atoms with E-state index in [1.165, 1.54) is 36.2 Å². The molecule has 1 aromatic heterocycles. The monoisotopic (exact) mass is 581 g/mol. The summed E-state index contributed by atoms with van der Waals surface area (Å²) in [6.07, 6.45) is -1.87. The van der Waals surface area contributed by atoms with Crippen LogP contribution in [-0.4, -0.2) is 60.0 Å². The summed E-state index contributed by atoms with van der Waals surface area (Å²) in [7, 11) is 3.30. The second-order valence-electron chi connectivity index (χ2n) is 10.7. The summed E-state index contributed by atoms with van der Waals surface area (Å²) in [6, 6.07) is 13.1. The van der Waals surface area contributed by atoms with Gasteiger partial charge >= 0.3 is 6.18 Å². The number of amides is 2. The van der Waals surface area contributed by atoms with Crippen LogP contribution in [0.25, 0.3) is 5.57 Å². The van der Waals surface area contributed by atoms with Gasteiger partial charge in [-0.2, -0.15) is 13.2 Å². The average Bonchev–Trinajstić information content (AvgIpc) is 3.30. The minimum atomic E-state index is -4.42. The van der Waals surface area contributed by atoms with Crippen LogP contribution in [0.4, 0.5) is 28.9 Å². The average molecular weight is 582 g/mol. The van der Waals surface area contributed by atoms with Crippen LogP contribution in [-0.2, 0) is 11.2 Å². The van der Waals surface area contributed by atoms with E-state index in [0.717, 1.165) is 5.56 Å². The number of halogens is 4. The van der Waals surface area contributed by atoms with Crippen LogP contribution in [0.15, 0.2) is 66.5 Å². The third-order valence-electron chi connectivity index (χ3n) is 7.50. The van der Waals surface area contributed by atoms with E-state index in [0.29, 0.717) is 40.6 Å². The molecule has 220 valence electrons. The third kappa shape index (κ3) is 6.19. The predicted molar refractivity (Wildman–Crippen MR) is 153 cm³/mol. The number of carbonyl (C=O) groups is 2. The molecule has 0 aliphatic carbocycles. The molecule has 42 heavy (non-hydrogen) atoms. The Kier molecular flexibility index (Phi) is 7.85. The zero-order chi connectivity index (χ0) is 30.2. The lowest BCUT2D eigenvalue weighted by molar-refractivity contribution is -0.139. The number of hydrogen-bond donors (Lipinski definition) is 3. The fourth-order valence-electron chi connectivity index (χ4n) is 5.31. The number of aromatic amines is 1. The highest BCUT2D eigenvalue weighted by Gasteiger charge is 2.41. The largest absolute Gasteiger partial charge is 0.389 e. The Morgan fingerprint density at radius 2 is 1.79 bits per heavy atom. The highest BCUT2D eigenvalue weighted by atomic mass is 19.4. The third-order valence-corrected chi connectivity index (χ3v) is 7.50. The van der Waals surface area contributed by atoms with Crippen molar-refractivity contribution in [2.24, 2.45) is 0 Å². The standard InChI is InChI=1S/C31H31F4N5O2/c1-18-6-4-5-7-23(18)36-29-26-27(21(16-31(33,34)35)17-40(3)30(26)42)38-28(29)20-12-13-39(2)24(15-20)37-25(41)14-19-8-10-22(32)11-9-19/h4-12,15,21,36,38H,13-14,16-17H2,1-3H3,(H,37,41). The molecule has 0 radical (unpaired) electrons. The maximum absolute atomic E-state index is 13.6. The molecule has 0 bridgehead atoms. The fourth-order valence-corrected chi connectivity index (χ4v) is 5.31. The Balaban J connectivity index is 1.54. The zero-order valence-electron chi connectivity index (χ0n) is 23.4. The van der Waals surface area contributed by atoms with Gasteiger partial charge in [0.2, 0.25) is 5.91 Å². The summed E-state index contributed by atoms with van der Waals surface area (Å²) in [5.74, 6) is -1.59. The minimum absolute atomic E-state index is 0.0291. The van der Waals surface area contributed by atoms with E-state index in [-0.39, 0.29) is 36.0 Å². The van der Waals surface area contributed by atoms with Gasteiger partial charge in [-0.25, -0.2) is 4.39 Å². The topological polar surface area (TPSA) is 80.5 Å². The van der Waals surface area contributed by atoms with Crippen molar-refractivity contribution >= 4 is 28.8 Å². The van der Waals surface area contributed by atoms with Crippen molar-refractivity contribution in [3.8, 4) is 0 Å². The smallest absolute Gasteiger partial charge is 0.357 e. The number of aryl methyl sites for hydroxylation is 1. The minimum Gasteiger partial charge on any atom is -0.357 e. The molecule has 0 saturated carbocycles. The quantitative estimate of drug-likeness (QED) is 0.306. The molecule has 2 aliphatic rings. The van der Waals surface area contributed by atoms with Crippen LogP contribution in [0.3, 0.4) is 0 Å². The summed E-state index contributed by atoms with van der Waals surface area (Å²) in [5, 5.41) is 6.21. The Morgan fingerprint density at radius 3 is 2.48 bits per heavy atom. The molecule has 2 aromatic carbocycles. The number of nitrogens with one attached hydrogen (secondary N) is 3. The number of benzene rings is 2. The predicted octanol–water partition coefficient (Wildman–Crippen LogP) is 5.86. The SMILES string of the molecule is Cc1ccccc1Nc1c(C2=CCN(C)C(NC(=O)Cc3ccc(F)cc3)=C2)[nH]c2c1C(=O)N(C)CC2CC(F)(F)F. The van der Waals surface area contributed by atoms with Gasteiger partial charge in [0.1, 0.15) is 11.6 Å². The van der Waals surface area contributed by atoms with Crippen LogP contribution in [0, 0.1) is 12.7 Å². The zero-order valence-corrected chi connectivity index (χ0v) is 23.4. The first kappa shape index (κ1) is 29.0. The van der Waals surface area contributed by atoms with Gasteiger partial charge in [-0.05, 0) is 42.3 Å². The van der Waals surface area contributed by atoms with Gasteiger partial charge in [-0.1, -0.05) is 36.4 Å². The normalized spacial score (nSPS) is 17.0. The van der Waals surface area contributed by atoms with Crippen LogP contribution < -0.4 is 10.6 Å². The number of hydrogen-bond acceptors (Lipinski definition) is 4. The number of anilines is 2. The van der Waals surface area contributed by atoms with Crippen molar-refractivity contribution in [1.29, 1.82) is 0 Å². The van der Waals surface area contributed by atoms with E-state index in [9.17, 15) is 27.2 Å². The van der Waals surface area contributed by atoms with Crippen LogP contribution in [0.5, 0.6) is 0 Å². The summed E-state index contributed by atoms with van der Waals surface area (Å²) < 4.78 is 54.1. The molecule has 1 atom stereocenters. The second kappa shape index (κ2) is 11.4. The highest BCUT2D eigenvalue weighted by Crippen LogP contribution is 2.43. The van der Waals surface area contributed by atoms with E-state index < -0.39 is 24.3 Å². The van der Waals surface area contributed by atoms with Crippen molar-refractivity contribution in [3.05, 3.63) is 100 Å². The molecule has 3 N–H and O–H groups in total. The van der Waals surface area contributed by atoms with Gasteiger partial charge in [-0.3, -0.25) is 9.59 Å². The first-order valence-electron chi connectivity index (χ1n) is 13.5. The number of allylic oxidation sites excluding steroid dienone is 2. The lowest BCUT2D eigenvalue weighted by atomic mass is 9.92. The van der Waals surface area contributed by atoms with Gasteiger partial charge < -0.3 is 25.4 Å². The number of alkyl halides is 3. The molecule has 3 aromatic rings. The summed E-state index contributed by atoms with van der Waals surface area (Å²) in [5.41, 5.74) is 4.09. The second-order valence-corrected chi connectivity index (χ2v) is 10.7. The molecule has 5 rings (SSSR count). The molecule has 0 spiro atoms. The Hall–Kier alpha value is -4.54. The van der Waals surface area contributed by atoms with Crippen molar-refractivity contribution in [3.63, 3.8) is 0 Å². The summed E-state index contributed by atoms with van der Waals surface area (Å²) in [6.45, 7) is 2.22. The van der Waals surface area contributed by atoms with E-state index in [2.05, 4.69) is 15.6 Å². The molecule has 2 amide bonds. The van der Waals surface area contributed by atoms with E-state index in [1.807, 2.05) is 42.2 Å². The summed E-state index contributed by atoms with van der Waals surface area (Å²) in [4.78, 5) is 32.6. The van der Waals surface area contributed by atoms with E-state index >= 15 is 0 Å². The van der Waals surface area contributed by atoms with Crippen LogP contribution in [0.1, 0.15) is 45.2 Å². The van der Waals surface area contributed by atoms with Gasteiger partial charge in [0, 0.05) is 50.1 Å². The van der Waals surface area contributed by atoms with Crippen molar-refractivity contribution < 1.29 is 27.2 Å². The maximum Gasteiger partial charge on any atom is 0.389 e. The summed E-state index contributed by atoms with van der Waals surface area (Å²) >= 11 is 0. The number of nitrogens with zero attached hydrogens (tertiary/aromatic N) is 2. The number of likely N-dealkylation sites (N-methyl/N-ethyl adjacent to an activating group) is 2. The number of rotatable bonds is 7. The van der Waals surface area contributed by atoms with Gasteiger partial charge in [0.05, 0.1) is 29.8 Å². The van der Waals surface area contributed by atoms with Gasteiger partial charge in [-0.15, -0.1) is 0 Å². The van der Waals surface area contributed by atoms with Gasteiger partial charge in [0.25, 0.3) is 5.91 Å². The molecular formula is C31H31F4N5O2. The first-order chi connectivity index (χ1) is 19.9. The Morgan fingerprint density at radius 1 is 1.07 bits per heavy atom. The van der Waals surface area contributed by atoms with Crippen molar-refractivity contribution in [1.82, 2.24) is 20.1 Å². The van der Waals surface area contributed by atoms with Crippen LogP contribution >= 0.6 is 0 Å². The van der Waals surface area contributed by atoms with E-state index in [4.69, 9.17) is 0 Å². The molecule has 7 nitrogen and oxygen atoms in total. The number of carbonyl (C=O) groups excluding carboxylic acids is 2. The highest BCUT2D eigenvalue weighted by molar-refractivity contribution is 6.06. The molecule has 2 aliphatic heterocycles.